The van der Waals surface area contributed by atoms with Crippen LogP contribution < -0.4 is 5.32 Å². The molecule has 9 nitrogen and oxygen atoms in total. The van der Waals surface area contributed by atoms with E-state index in [1.54, 1.807) is 0 Å². The Morgan fingerprint density at radius 2 is 1.76 bits per heavy atom. The van der Waals surface area contributed by atoms with Crippen LogP contribution in [0.4, 0.5) is 4.79 Å². The van der Waals surface area contributed by atoms with Crippen LogP contribution in [-0.2, 0) is 14.3 Å². The number of nitrogens with one attached hydrogen (secondary N) is 1. The van der Waals surface area contributed by atoms with E-state index in [4.69, 9.17) is 9.47 Å². The van der Waals surface area contributed by atoms with Gasteiger partial charge in [0.15, 0.2) is 0 Å². The van der Waals surface area contributed by atoms with Gasteiger partial charge in [-0.2, -0.15) is 0 Å². The predicted octanol–water partition coefficient (Wildman–Crippen LogP) is 3.21. The predicted molar refractivity (Wildman–Crippen MR) is 130 cm³/mol. The van der Waals surface area contributed by atoms with Gasteiger partial charge in [0, 0.05) is 32.4 Å². The first kappa shape index (κ1) is 26.8. The molecule has 1 aliphatic heterocycles. The van der Waals surface area contributed by atoms with E-state index in [1.165, 1.54) is 18.4 Å². The summed E-state index contributed by atoms with van der Waals surface area (Å²) in [6.07, 6.45) is 3.96. The average molecular weight is 464 g/mol. The number of aliphatic imine (C=N–C) groups is 2. The third-order valence-electron chi connectivity index (χ3n) is 5.52. The quantitative estimate of drug-likeness (QED) is 0.440. The molecule has 0 aromatic heterocycles. The number of ether oxygens (including phenoxy) is 2. The van der Waals surface area contributed by atoms with Crippen LogP contribution in [0.1, 0.15) is 60.8 Å². The van der Waals surface area contributed by atoms with Crippen LogP contribution in [-0.4, -0.2) is 85.0 Å². The van der Waals surface area contributed by atoms with E-state index in [9.17, 15) is 9.59 Å². The fourth-order valence-corrected chi connectivity index (χ4v) is 3.47. The van der Waals surface area contributed by atoms with Gasteiger partial charge in [-0.05, 0) is 67.0 Å². The zero-order valence-electron chi connectivity index (χ0n) is 21.1. The van der Waals surface area contributed by atoms with Gasteiger partial charge in [-0.3, -0.25) is 4.79 Å². The summed E-state index contributed by atoms with van der Waals surface area (Å²) in [6.45, 7) is 17.8. The minimum absolute atomic E-state index is 0.0597. The van der Waals surface area contributed by atoms with Crippen molar-refractivity contribution in [1.82, 2.24) is 15.1 Å². The van der Waals surface area contributed by atoms with E-state index in [-0.39, 0.29) is 18.1 Å². The van der Waals surface area contributed by atoms with Crippen molar-refractivity contribution in [2.75, 3.05) is 32.8 Å². The normalized spacial score (nSPS) is 19.7. The number of guanidine groups is 1. The number of carbonyl (C=O) groups is 2. The van der Waals surface area contributed by atoms with Crippen LogP contribution in [0.2, 0.25) is 0 Å². The molecular weight excluding hydrogens is 422 g/mol. The fraction of sp³-hybridized carbons (Fsp3) is 0.750. The van der Waals surface area contributed by atoms with Crippen molar-refractivity contribution >= 4 is 24.7 Å². The van der Waals surface area contributed by atoms with Crippen molar-refractivity contribution in [3.05, 3.63) is 11.8 Å². The molecule has 2 aliphatic rings. The van der Waals surface area contributed by atoms with Crippen LogP contribution in [0, 0.1) is 5.92 Å². The molecule has 1 saturated carbocycles. The molecule has 186 valence electrons. The SMILES string of the molecule is C=NC(=N/C=C(\C)C1CC1)N1CCN(C(=O)CC(C)OC[C@H](C)NC(=O)OC(C)(C)C)CC1. The van der Waals surface area contributed by atoms with E-state index < -0.39 is 11.7 Å². The Morgan fingerprint density at radius 1 is 1.15 bits per heavy atom. The molecule has 33 heavy (non-hydrogen) atoms. The largest absolute Gasteiger partial charge is 0.444 e. The maximum atomic E-state index is 12.7. The number of alkyl carbamates (subject to hydrolysis) is 1. The standard InChI is InChI=1S/C24H41N5O4/c1-17(20-8-9-20)15-26-22(25-7)29-12-10-28(11-13-29)21(30)14-19(3)32-16-18(2)27-23(31)33-24(4,5)6/h15,18-20H,7-14,16H2,1-6H3,(H,27,31)/b17-15+,26-22?/t18-,19?/m0/s1. The lowest BCUT2D eigenvalue weighted by molar-refractivity contribution is -0.135. The summed E-state index contributed by atoms with van der Waals surface area (Å²) in [5.74, 6) is 1.35. The van der Waals surface area contributed by atoms with Crippen molar-refractivity contribution < 1.29 is 19.1 Å². The van der Waals surface area contributed by atoms with Crippen molar-refractivity contribution in [2.24, 2.45) is 15.9 Å². The lowest BCUT2D eigenvalue weighted by Crippen LogP contribution is -2.50. The molecule has 2 rings (SSSR count). The monoisotopic (exact) mass is 463 g/mol. The summed E-state index contributed by atoms with van der Waals surface area (Å²) in [5, 5.41) is 2.74. The highest BCUT2D eigenvalue weighted by Gasteiger charge is 2.25. The summed E-state index contributed by atoms with van der Waals surface area (Å²) in [7, 11) is 0. The molecule has 2 fully saturated rings. The molecule has 0 aromatic carbocycles. The van der Waals surface area contributed by atoms with Crippen LogP contribution in [0.3, 0.4) is 0 Å². The van der Waals surface area contributed by atoms with Gasteiger partial charge in [0.25, 0.3) is 0 Å². The molecule has 1 unspecified atom stereocenters. The molecule has 1 aliphatic carbocycles. The van der Waals surface area contributed by atoms with Gasteiger partial charge in [-0.1, -0.05) is 5.57 Å². The second-order valence-electron chi connectivity index (χ2n) is 10.00. The van der Waals surface area contributed by atoms with Gasteiger partial charge in [0.05, 0.1) is 25.2 Å². The van der Waals surface area contributed by atoms with Gasteiger partial charge < -0.3 is 24.6 Å². The second-order valence-corrected chi connectivity index (χ2v) is 10.00. The van der Waals surface area contributed by atoms with Gasteiger partial charge >= 0.3 is 6.09 Å². The topological polar surface area (TPSA) is 95.8 Å². The third kappa shape index (κ3) is 9.94. The maximum Gasteiger partial charge on any atom is 0.407 e. The molecule has 2 atom stereocenters. The summed E-state index contributed by atoms with van der Waals surface area (Å²) in [4.78, 5) is 37.0. The summed E-state index contributed by atoms with van der Waals surface area (Å²) in [6, 6.07) is -0.220. The zero-order chi connectivity index (χ0) is 24.6. The highest BCUT2D eigenvalue weighted by molar-refractivity contribution is 5.85. The average Bonchev–Trinajstić information content (AvgIpc) is 3.57. The highest BCUT2D eigenvalue weighted by atomic mass is 16.6. The van der Waals surface area contributed by atoms with Gasteiger partial charge in [-0.15, -0.1) is 0 Å². The number of piperazine rings is 1. The summed E-state index contributed by atoms with van der Waals surface area (Å²) in [5.41, 5.74) is 0.740. The van der Waals surface area contributed by atoms with Crippen molar-refractivity contribution in [3.63, 3.8) is 0 Å². The number of carbonyl (C=O) groups excluding carboxylic acids is 2. The first-order valence-electron chi connectivity index (χ1n) is 11.8. The van der Waals surface area contributed by atoms with E-state index in [0.29, 0.717) is 51.1 Å². The molecule has 1 heterocycles. The molecule has 2 amide bonds. The van der Waals surface area contributed by atoms with Crippen LogP contribution in [0.25, 0.3) is 0 Å². The minimum Gasteiger partial charge on any atom is -0.444 e. The van der Waals surface area contributed by atoms with Gasteiger partial charge in [0.2, 0.25) is 11.9 Å². The number of allylic oxidation sites excluding steroid dienone is 1. The third-order valence-corrected chi connectivity index (χ3v) is 5.52. The van der Waals surface area contributed by atoms with Crippen molar-refractivity contribution in [3.8, 4) is 0 Å². The number of nitrogens with zero attached hydrogens (tertiary/aromatic N) is 4. The second kappa shape index (κ2) is 12.2. The number of amides is 2. The molecule has 9 heteroatoms. The first-order chi connectivity index (χ1) is 15.5. The maximum absolute atomic E-state index is 12.7. The number of hydrogen-bond donors (Lipinski definition) is 1. The van der Waals surface area contributed by atoms with E-state index in [1.807, 2.05) is 45.7 Å². The zero-order valence-corrected chi connectivity index (χ0v) is 21.1. The van der Waals surface area contributed by atoms with Crippen molar-refractivity contribution in [1.29, 1.82) is 0 Å². The van der Waals surface area contributed by atoms with Crippen LogP contribution in [0.15, 0.2) is 21.8 Å². The Kier molecular flexibility index (Phi) is 9.88. The van der Waals surface area contributed by atoms with E-state index in [2.05, 4.69) is 33.8 Å². The van der Waals surface area contributed by atoms with Crippen LogP contribution >= 0.6 is 0 Å². The molecule has 1 N–H and O–H groups in total. The lowest BCUT2D eigenvalue weighted by atomic mass is 10.2. The molecule has 0 aromatic rings. The fourth-order valence-electron chi connectivity index (χ4n) is 3.47. The van der Waals surface area contributed by atoms with Gasteiger partial charge in [0.1, 0.15) is 5.60 Å². The Bertz CT molecular complexity index is 746. The number of rotatable bonds is 8. The Labute approximate surface area is 198 Å². The van der Waals surface area contributed by atoms with Crippen LogP contribution in [0.5, 0.6) is 0 Å². The smallest absolute Gasteiger partial charge is 0.407 e. The Balaban J connectivity index is 1.71. The summed E-state index contributed by atoms with van der Waals surface area (Å²) >= 11 is 0. The molecule has 0 spiro atoms. The molecular formula is C24H41N5O4. The van der Waals surface area contributed by atoms with Crippen molar-refractivity contribution in [2.45, 2.75) is 78.6 Å². The van der Waals surface area contributed by atoms with E-state index >= 15 is 0 Å². The first-order valence-corrected chi connectivity index (χ1v) is 11.8. The lowest BCUT2D eigenvalue weighted by Gasteiger charge is -2.35. The number of hydrogen-bond acceptors (Lipinski definition) is 5. The Morgan fingerprint density at radius 3 is 2.30 bits per heavy atom. The molecule has 0 bridgehead atoms. The Hall–Kier alpha value is -2.42. The summed E-state index contributed by atoms with van der Waals surface area (Å²) < 4.78 is 11.0. The highest BCUT2D eigenvalue weighted by Crippen LogP contribution is 2.35. The minimum atomic E-state index is -0.547. The van der Waals surface area contributed by atoms with E-state index in [0.717, 1.165) is 0 Å². The molecule has 0 radical (unpaired) electrons. The van der Waals surface area contributed by atoms with Gasteiger partial charge in [-0.25, -0.2) is 14.8 Å². The molecule has 1 saturated heterocycles.